The second kappa shape index (κ2) is 6.01. The summed E-state index contributed by atoms with van der Waals surface area (Å²) in [5.41, 5.74) is 5.19. The van der Waals surface area contributed by atoms with Gasteiger partial charge in [-0.2, -0.15) is 4.98 Å². The van der Waals surface area contributed by atoms with Crippen LogP contribution in [0.5, 0.6) is 0 Å². The molecule has 4 rings (SSSR count). The molecule has 3 heterocycles. The van der Waals surface area contributed by atoms with Crippen LogP contribution in [0.3, 0.4) is 0 Å². The number of primary amides is 1. The summed E-state index contributed by atoms with van der Waals surface area (Å²) in [5, 5.41) is 4.92. The minimum absolute atomic E-state index is 0.0445. The van der Waals surface area contributed by atoms with Crippen molar-refractivity contribution in [2.24, 2.45) is 5.73 Å². The molecule has 0 unspecified atom stereocenters. The van der Waals surface area contributed by atoms with Gasteiger partial charge in [-0.05, 0) is 32.2 Å². The first-order chi connectivity index (χ1) is 11.2. The standard InChI is InChI=1S/C15H19N5O2S/c16-12(21)13-18-14(22-19-13)11-5-2-6-20(11)8-10-7-17-15(23-10)9-3-1-4-9/h7,9,11H,1-6,8H2,(H2,16,21)/t11-/m1/s1. The summed E-state index contributed by atoms with van der Waals surface area (Å²) in [5.74, 6) is 0.464. The lowest BCUT2D eigenvalue weighted by Crippen LogP contribution is -2.22. The Balaban J connectivity index is 1.46. The molecule has 2 aliphatic rings. The highest BCUT2D eigenvalue weighted by atomic mass is 32.1. The number of hydrogen-bond donors (Lipinski definition) is 1. The smallest absolute Gasteiger partial charge is 0.290 e. The van der Waals surface area contributed by atoms with Gasteiger partial charge in [0.1, 0.15) is 0 Å². The molecule has 8 heteroatoms. The summed E-state index contributed by atoms with van der Waals surface area (Å²) in [6, 6.07) is 0.0600. The van der Waals surface area contributed by atoms with Gasteiger partial charge in [-0.3, -0.25) is 9.69 Å². The van der Waals surface area contributed by atoms with Crippen LogP contribution in [0.25, 0.3) is 0 Å². The van der Waals surface area contributed by atoms with Gasteiger partial charge in [0.15, 0.2) is 0 Å². The van der Waals surface area contributed by atoms with Crippen molar-refractivity contribution in [2.45, 2.75) is 50.6 Å². The number of carbonyl (C=O) groups excluding carboxylic acids is 1. The van der Waals surface area contributed by atoms with Gasteiger partial charge in [0.25, 0.3) is 11.7 Å². The third-order valence-electron chi connectivity index (χ3n) is 4.70. The zero-order valence-electron chi connectivity index (χ0n) is 12.8. The van der Waals surface area contributed by atoms with Gasteiger partial charge in [-0.25, -0.2) is 4.98 Å². The lowest BCUT2D eigenvalue weighted by molar-refractivity contribution is 0.0987. The molecule has 122 valence electrons. The Morgan fingerprint density at radius 1 is 1.39 bits per heavy atom. The first kappa shape index (κ1) is 14.8. The Hall–Kier alpha value is -1.80. The molecule has 7 nitrogen and oxygen atoms in total. The highest BCUT2D eigenvalue weighted by molar-refractivity contribution is 7.11. The maximum Gasteiger partial charge on any atom is 0.290 e. The highest BCUT2D eigenvalue weighted by Crippen LogP contribution is 2.39. The van der Waals surface area contributed by atoms with Crippen LogP contribution >= 0.6 is 11.3 Å². The lowest BCUT2D eigenvalue weighted by atomic mass is 9.86. The van der Waals surface area contributed by atoms with E-state index >= 15 is 0 Å². The molecule has 2 aromatic heterocycles. The van der Waals surface area contributed by atoms with Crippen LogP contribution < -0.4 is 5.73 Å². The fraction of sp³-hybridized carbons (Fsp3) is 0.600. The van der Waals surface area contributed by atoms with Crippen LogP contribution in [0.2, 0.25) is 0 Å². The van der Waals surface area contributed by atoms with E-state index in [9.17, 15) is 4.79 Å². The Kier molecular flexibility index (Phi) is 3.86. The van der Waals surface area contributed by atoms with Crippen LogP contribution in [-0.2, 0) is 6.54 Å². The number of likely N-dealkylation sites (tertiary alicyclic amines) is 1. The fourth-order valence-corrected chi connectivity index (χ4v) is 4.32. The third-order valence-corrected chi connectivity index (χ3v) is 5.84. The zero-order valence-corrected chi connectivity index (χ0v) is 13.6. The van der Waals surface area contributed by atoms with Gasteiger partial charge in [0.2, 0.25) is 5.89 Å². The maximum absolute atomic E-state index is 11.1. The van der Waals surface area contributed by atoms with Crippen molar-refractivity contribution in [3.63, 3.8) is 0 Å². The zero-order chi connectivity index (χ0) is 15.8. The summed E-state index contributed by atoms with van der Waals surface area (Å²) in [4.78, 5) is 23.4. The van der Waals surface area contributed by atoms with Crippen molar-refractivity contribution in [1.82, 2.24) is 20.0 Å². The minimum atomic E-state index is -0.655. The molecule has 1 atom stereocenters. The Labute approximate surface area is 137 Å². The molecule has 2 N–H and O–H groups in total. The SMILES string of the molecule is NC(=O)c1noc([C@H]2CCCN2Cc2cnc(C3CCC3)s2)n1. The van der Waals surface area contributed by atoms with Crippen LogP contribution in [0.15, 0.2) is 10.7 Å². The van der Waals surface area contributed by atoms with Gasteiger partial charge in [-0.1, -0.05) is 11.6 Å². The monoisotopic (exact) mass is 333 g/mol. The van der Waals surface area contributed by atoms with Crippen molar-refractivity contribution in [1.29, 1.82) is 0 Å². The van der Waals surface area contributed by atoms with E-state index in [0.29, 0.717) is 11.8 Å². The van der Waals surface area contributed by atoms with Gasteiger partial charge >= 0.3 is 0 Å². The number of nitrogens with two attached hydrogens (primary N) is 1. The van der Waals surface area contributed by atoms with E-state index in [1.54, 1.807) is 0 Å². The predicted octanol–water partition coefficient (Wildman–Crippen LogP) is 2.23. The van der Waals surface area contributed by atoms with E-state index in [0.717, 1.165) is 25.9 Å². The van der Waals surface area contributed by atoms with Gasteiger partial charge in [0, 0.05) is 23.5 Å². The number of thiazole rings is 1. The molecule has 23 heavy (non-hydrogen) atoms. The van der Waals surface area contributed by atoms with E-state index < -0.39 is 5.91 Å². The van der Waals surface area contributed by atoms with Crippen LogP contribution in [0, 0.1) is 0 Å². The normalized spacial score (nSPS) is 22.3. The number of rotatable bonds is 5. The maximum atomic E-state index is 11.1. The van der Waals surface area contributed by atoms with E-state index in [2.05, 4.69) is 20.0 Å². The van der Waals surface area contributed by atoms with E-state index in [-0.39, 0.29) is 11.9 Å². The number of aromatic nitrogens is 3. The third kappa shape index (κ3) is 2.88. The molecule has 2 aromatic rings. The van der Waals surface area contributed by atoms with E-state index in [1.165, 1.54) is 29.1 Å². The van der Waals surface area contributed by atoms with E-state index in [4.69, 9.17) is 10.3 Å². The van der Waals surface area contributed by atoms with Gasteiger partial charge < -0.3 is 10.3 Å². The molecule has 0 spiro atoms. The predicted molar refractivity (Wildman–Crippen MR) is 83.9 cm³/mol. The quantitative estimate of drug-likeness (QED) is 0.901. The Morgan fingerprint density at radius 3 is 2.96 bits per heavy atom. The van der Waals surface area contributed by atoms with Crippen molar-refractivity contribution in [2.75, 3.05) is 6.54 Å². The average molecular weight is 333 g/mol. The molecular weight excluding hydrogens is 314 g/mol. The first-order valence-corrected chi connectivity index (χ1v) is 8.84. The summed E-state index contributed by atoms with van der Waals surface area (Å²) in [6.07, 6.45) is 7.90. The summed E-state index contributed by atoms with van der Waals surface area (Å²) >= 11 is 1.82. The van der Waals surface area contributed by atoms with Gasteiger partial charge in [0.05, 0.1) is 11.0 Å². The number of hydrogen-bond acceptors (Lipinski definition) is 7. The molecule has 0 aromatic carbocycles. The lowest BCUT2D eigenvalue weighted by Gasteiger charge is -2.22. The molecule has 1 saturated heterocycles. The molecule has 1 aliphatic carbocycles. The topological polar surface area (TPSA) is 98.1 Å². The number of carbonyl (C=O) groups is 1. The number of amides is 1. The first-order valence-electron chi connectivity index (χ1n) is 8.03. The van der Waals surface area contributed by atoms with Crippen molar-refractivity contribution < 1.29 is 9.32 Å². The Morgan fingerprint density at radius 2 is 2.26 bits per heavy atom. The molecular formula is C15H19N5O2S. The van der Waals surface area contributed by atoms with Crippen molar-refractivity contribution >= 4 is 17.2 Å². The van der Waals surface area contributed by atoms with Crippen molar-refractivity contribution in [3.8, 4) is 0 Å². The van der Waals surface area contributed by atoms with Crippen LogP contribution in [0.1, 0.15) is 70.5 Å². The summed E-state index contributed by atoms with van der Waals surface area (Å²) < 4.78 is 5.23. The second-order valence-electron chi connectivity index (χ2n) is 6.24. The van der Waals surface area contributed by atoms with Crippen LogP contribution in [0.4, 0.5) is 0 Å². The Bertz CT molecular complexity index is 708. The molecule has 1 amide bonds. The summed E-state index contributed by atoms with van der Waals surface area (Å²) in [7, 11) is 0. The van der Waals surface area contributed by atoms with Crippen molar-refractivity contribution in [3.05, 3.63) is 27.8 Å². The second-order valence-corrected chi connectivity index (χ2v) is 7.39. The minimum Gasteiger partial charge on any atom is -0.363 e. The molecule has 1 saturated carbocycles. The molecule has 0 bridgehead atoms. The highest BCUT2D eigenvalue weighted by Gasteiger charge is 2.32. The number of nitrogens with zero attached hydrogens (tertiary/aromatic N) is 4. The largest absolute Gasteiger partial charge is 0.363 e. The molecule has 0 radical (unpaired) electrons. The van der Waals surface area contributed by atoms with Gasteiger partial charge in [-0.15, -0.1) is 11.3 Å². The summed E-state index contributed by atoms with van der Waals surface area (Å²) in [6.45, 7) is 1.82. The molecule has 2 fully saturated rings. The average Bonchev–Trinajstić information content (AvgIpc) is 3.17. The molecule has 1 aliphatic heterocycles. The van der Waals surface area contributed by atoms with E-state index in [1.807, 2.05) is 17.5 Å². The van der Waals surface area contributed by atoms with Crippen LogP contribution in [-0.4, -0.2) is 32.5 Å². The fourth-order valence-electron chi connectivity index (χ4n) is 3.21.